The van der Waals surface area contributed by atoms with Crippen LogP contribution in [0.1, 0.15) is 49.7 Å². The quantitative estimate of drug-likeness (QED) is 0.513. The molecule has 7 rings (SSSR count). The van der Waals surface area contributed by atoms with Crippen LogP contribution in [0.3, 0.4) is 0 Å². The first-order valence-electron chi connectivity index (χ1n) is 10.7. The zero-order valence-corrected chi connectivity index (χ0v) is 18.9. The van der Waals surface area contributed by atoms with Crippen molar-refractivity contribution in [2.24, 2.45) is 5.41 Å². The van der Waals surface area contributed by atoms with Gasteiger partial charge in [-0.2, -0.15) is 4.98 Å². The summed E-state index contributed by atoms with van der Waals surface area (Å²) in [5, 5.41) is 15.0. The molecule has 6 nitrogen and oxygen atoms in total. The van der Waals surface area contributed by atoms with Gasteiger partial charge in [-0.25, -0.2) is 4.39 Å². The summed E-state index contributed by atoms with van der Waals surface area (Å²) < 4.78 is 25.1. The Bertz CT molecular complexity index is 1270. The number of hydrogen-bond donors (Lipinski definition) is 1. The van der Waals surface area contributed by atoms with Gasteiger partial charge in [0.15, 0.2) is 11.9 Å². The van der Waals surface area contributed by atoms with E-state index in [1.807, 2.05) is 0 Å². The number of ketones is 1. The largest absolute Gasteiger partial charge is 0.482 e. The van der Waals surface area contributed by atoms with Crippen LogP contribution in [0.15, 0.2) is 40.9 Å². The molecule has 1 aliphatic heterocycles. The number of halogens is 3. The average molecular weight is 489 g/mol. The Morgan fingerprint density at radius 3 is 2.73 bits per heavy atom. The maximum atomic E-state index is 13.8. The number of hydrogen-bond acceptors (Lipinski definition) is 6. The van der Waals surface area contributed by atoms with E-state index in [2.05, 4.69) is 10.1 Å². The topological polar surface area (TPSA) is 85.5 Å². The maximum Gasteiger partial charge on any atom is 0.233 e. The highest BCUT2D eigenvalue weighted by atomic mass is 35.5. The van der Waals surface area contributed by atoms with Crippen molar-refractivity contribution in [3.8, 4) is 17.1 Å². The highest BCUT2D eigenvalue weighted by molar-refractivity contribution is 6.31. The van der Waals surface area contributed by atoms with Gasteiger partial charge in [-0.05, 0) is 61.1 Å². The Kier molecular flexibility index (Phi) is 4.64. The monoisotopic (exact) mass is 488 g/mol. The van der Waals surface area contributed by atoms with Crippen LogP contribution in [0.5, 0.6) is 5.75 Å². The van der Waals surface area contributed by atoms with Gasteiger partial charge in [0.2, 0.25) is 11.7 Å². The molecule has 1 N–H and O–H groups in total. The average Bonchev–Trinajstić information content (AvgIpc) is 3.21. The zero-order valence-electron chi connectivity index (χ0n) is 17.4. The summed E-state index contributed by atoms with van der Waals surface area (Å²) in [6.07, 6.45) is 1.50. The standard InChI is InChI=1S/C24H19Cl2FN2O4/c25-13-2-4-19-14(6-13)17(30)7-20(32-19)18(31)8-23-9-24(10-23,11-23)22-28-21(29-33-22)12-1-3-15(26)16(27)5-12/h1-6,17,20,30H,7-11H2/t17-,20-,23?,24?/m1/s1. The smallest absolute Gasteiger partial charge is 0.233 e. The number of aliphatic hydroxyl groups is 1. The van der Waals surface area contributed by atoms with E-state index in [-0.39, 0.29) is 28.1 Å². The Balaban J connectivity index is 1.11. The summed E-state index contributed by atoms with van der Waals surface area (Å²) in [5.74, 6) is 0.800. The molecular formula is C24H19Cl2FN2O4. The van der Waals surface area contributed by atoms with E-state index in [0.29, 0.717) is 40.0 Å². The fourth-order valence-electron chi connectivity index (χ4n) is 5.70. The summed E-state index contributed by atoms with van der Waals surface area (Å²) >= 11 is 11.7. The molecule has 3 aromatic rings. The predicted octanol–water partition coefficient (Wildman–Crippen LogP) is 5.45. The SMILES string of the molecule is O=C(CC12CC(c3nc(-c4ccc(Cl)c(F)c4)no3)(C1)C2)[C@H]1C[C@@H](O)c2cc(Cl)ccc2O1. The summed E-state index contributed by atoms with van der Waals surface area (Å²) in [4.78, 5) is 17.5. The Morgan fingerprint density at radius 2 is 1.97 bits per heavy atom. The van der Waals surface area contributed by atoms with Gasteiger partial charge in [0.25, 0.3) is 0 Å². The van der Waals surface area contributed by atoms with Gasteiger partial charge in [0.05, 0.1) is 16.5 Å². The Labute approximate surface area is 198 Å². The minimum Gasteiger partial charge on any atom is -0.482 e. The fourth-order valence-corrected chi connectivity index (χ4v) is 6.00. The van der Waals surface area contributed by atoms with Gasteiger partial charge in [-0.15, -0.1) is 0 Å². The molecule has 3 aliphatic carbocycles. The molecule has 33 heavy (non-hydrogen) atoms. The van der Waals surface area contributed by atoms with E-state index in [9.17, 15) is 14.3 Å². The van der Waals surface area contributed by atoms with Crippen molar-refractivity contribution in [3.63, 3.8) is 0 Å². The molecule has 2 heterocycles. The lowest BCUT2D eigenvalue weighted by atomic mass is 9.34. The van der Waals surface area contributed by atoms with Gasteiger partial charge in [0, 0.05) is 29.0 Å². The number of nitrogens with zero attached hydrogens (tertiary/aromatic N) is 2. The number of aromatic nitrogens is 2. The summed E-state index contributed by atoms with van der Waals surface area (Å²) in [7, 11) is 0. The molecule has 3 saturated carbocycles. The number of aliphatic hydroxyl groups excluding tert-OH is 1. The van der Waals surface area contributed by atoms with Gasteiger partial charge in [-0.1, -0.05) is 28.4 Å². The number of benzene rings is 2. The van der Waals surface area contributed by atoms with E-state index in [0.717, 1.165) is 19.3 Å². The highest BCUT2D eigenvalue weighted by Gasteiger charge is 2.71. The third kappa shape index (κ3) is 3.36. The van der Waals surface area contributed by atoms with E-state index in [4.69, 9.17) is 32.5 Å². The number of carbonyl (C=O) groups excluding carboxylic acids is 1. The fraction of sp³-hybridized carbons (Fsp3) is 0.375. The Hall–Kier alpha value is -2.48. The van der Waals surface area contributed by atoms with Crippen LogP contribution in [-0.4, -0.2) is 27.1 Å². The van der Waals surface area contributed by atoms with Gasteiger partial charge in [-0.3, -0.25) is 4.79 Å². The van der Waals surface area contributed by atoms with Crippen molar-refractivity contribution in [1.29, 1.82) is 0 Å². The van der Waals surface area contributed by atoms with Crippen LogP contribution in [-0.2, 0) is 10.2 Å². The second kappa shape index (κ2) is 7.26. The molecule has 0 radical (unpaired) electrons. The van der Waals surface area contributed by atoms with Crippen molar-refractivity contribution in [1.82, 2.24) is 10.1 Å². The van der Waals surface area contributed by atoms with Crippen molar-refractivity contribution in [2.75, 3.05) is 0 Å². The summed E-state index contributed by atoms with van der Waals surface area (Å²) in [5.41, 5.74) is 0.807. The van der Waals surface area contributed by atoms with Gasteiger partial charge < -0.3 is 14.4 Å². The first-order chi connectivity index (χ1) is 15.8. The minimum absolute atomic E-state index is 0.00851. The summed E-state index contributed by atoms with van der Waals surface area (Å²) in [6.45, 7) is 0. The van der Waals surface area contributed by atoms with Crippen LogP contribution in [0.25, 0.3) is 11.4 Å². The maximum absolute atomic E-state index is 13.8. The van der Waals surface area contributed by atoms with E-state index in [1.165, 1.54) is 12.1 Å². The van der Waals surface area contributed by atoms with Gasteiger partial charge in [0.1, 0.15) is 11.6 Å². The minimum atomic E-state index is -0.782. The molecule has 2 atom stereocenters. The molecule has 0 spiro atoms. The van der Waals surface area contributed by atoms with Crippen molar-refractivity contribution in [3.05, 3.63) is 63.7 Å². The molecule has 2 aromatic carbocycles. The van der Waals surface area contributed by atoms with Crippen molar-refractivity contribution in [2.45, 2.75) is 49.7 Å². The second-order valence-electron chi connectivity index (χ2n) is 9.55. The van der Waals surface area contributed by atoms with Crippen LogP contribution in [0.2, 0.25) is 10.0 Å². The Morgan fingerprint density at radius 1 is 1.18 bits per heavy atom. The molecule has 1 aromatic heterocycles. The number of rotatable bonds is 5. The normalized spacial score (nSPS) is 29.5. The third-order valence-corrected chi connectivity index (χ3v) is 7.69. The molecule has 0 saturated heterocycles. The molecule has 0 unspecified atom stereocenters. The first-order valence-corrected chi connectivity index (χ1v) is 11.5. The number of fused-ring (bicyclic) bond motifs is 1. The van der Waals surface area contributed by atoms with Crippen LogP contribution in [0.4, 0.5) is 4.39 Å². The van der Waals surface area contributed by atoms with Crippen LogP contribution in [0, 0.1) is 11.2 Å². The molecular weight excluding hydrogens is 470 g/mol. The lowest BCUT2D eigenvalue weighted by Crippen LogP contribution is -2.65. The first kappa shape index (κ1) is 21.1. The van der Waals surface area contributed by atoms with E-state index < -0.39 is 18.0 Å². The van der Waals surface area contributed by atoms with E-state index in [1.54, 1.807) is 24.3 Å². The number of Topliss-reactive ketones (excluding diaryl/α,β-unsaturated/α-hetero) is 1. The van der Waals surface area contributed by atoms with Gasteiger partial charge >= 0.3 is 0 Å². The second-order valence-corrected chi connectivity index (χ2v) is 10.4. The molecule has 3 fully saturated rings. The predicted molar refractivity (Wildman–Crippen MR) is 118 cm³/mol. The van der Waals surface area contributed by atoms with Crippen molar-refractivity contribution < 1.29 is 23.6 Å². The molecule has 9 heteroatoms. The van der Waals surface area contributed by atoms with Crippen LogP contribution >= 0.6 is 23.2 Å². The lowest BCUT2D eigenvalue weighted by Gasteiger charge is -2.68. The van der Waals surface area contributed by atoms with Crippen molar-refractivity contribution >= 4 is 29.0 Å². The molecule has 2 bridgehead atoms. The van der Waals surface area contributed by atoms with Crippen LogP contribution < -0.4 is 4.74 Å². The molecule has 170 valence electrons. The zero-order chi connectivity index (χ0) is 23.0. The highest BCUT2D eigenvalue weighted by Crippen LogP contribution is 2.75. The summed E-state index contributed by atoms with van der Waals surface area (Å²) in [6, 6.07) is 9.43. The number of ether oxygens (including phenoxy) is 1. The molecule has 0 amide bonds. The lowest BCUT2D eigenvalue weighted by molar-refractivity contribution is -0.172. The molecule has 4 aliphatic rings. The number of carbonyl (C=O) groups is 1. The third-order valence-electron chi connectivity index (χ3n) is 7.14. The van der Waals surface area contributed by atoms with E-state index >= 15 is 0 Å².